The normalized spacial score (nSPS) is 16.4. The predicted molar refractivity (Wildman–Crippen MR) is 46.8 cm³/mol. The van der Waals surface area contributed by atoms with E-state index in [0.717, 1.165) is 12.5 Å². The van der Waals surface area contributed by atoms with E-state index in [1.807, 2.05) is 11.9 Å². The summed E-state index contributed by atoms with van der Waals surface area (Å²) in [6, 6.07) is 0. The lowest BCUT2D eigenvalue weighted by Crippen LogP contribution is -2.21. The van der Waals surface area contributed by atoms with Gasteiger partial charge >= 0.3 is 0 Å². The van der Waals surface area contributed by atoms with Crippen molar-refractivity contribution in [3.8, 4) is 0 Å². The van der Waals surface area contributed by atoms with E-state index in [1.165, 1.54) is 12.8 Å². The van der Waals surface area contributed by atoms with E-state index in [0.29, 0.717) is 11.9 Å². The zero-order chi connectivity index (χ0) is 8.55. The molecule has 1 aromatic heterocycles. The van der Waals surface area contributed by atoms with Crippen LogP contribution in [0.1, 0.15) is 12.8 Å². The molecule has 0 saturated heterocycles. The van der Waals surface area contributed by atoms with Gasteiger partial charge in [0.05, 0.1) is 0 Å². The highest BCUT2D eigenvalue weighted by molar-refractivity contribution is 5.32. The molecule has 0 amide bonds. The van der Waals surface area contributed by atoms with Crippen LogP contribution >= 0.6 is 0 Å². The second-order valence-electron chi connectivity index (χ2n) is 3.34. The van der Waals surface area contributed by atoms with Crippen molar-refractivity contribution in [1.82, 2.24) is 15.2 Å². The average Bonchev–Trinajstić information content (AvgIpc) is 2.72. The number of hydrogen-bond donors (Lipinski definition) is 2. The highest BCUT2D eigenvalue weighted by Crippen LogP contribution is 2.30. The fourth-order valence-electron chi connectivity index (χ4n) is 1.21. The van der Waals surface area contributed by atoms with Crippen molar-refractivity contribution in [2.45, 2.75) is 12.8 Å². The van der Waals surface area contributed by atoms with Crippen LogP contribution < -0.4 is 10.6 Å². The van der Waals surface area contributed by atoms with Crippen LogP contribution in [0, 0.1) is 5.92 Å². The quantitative estimate of drug-likeness (QED) is 0.676. The first-order chi connectivity index (χ1) is 5.75. The second kappa shape index (κ2) is 2.66. The Morgan fingerprint density at radius 2 is 2.42 bits per heavy atom. The Hall–Kier alpha value is -1.26. The third kappa shape index (κ3) is 1.49. The third-order valence-corrected chi connectivity index (χ3v) is 2.06. The lowest BCUT2D eigenvalue weighted by molar-refractivity contribution is 0.766. The molecule has 1 aromatic rings. The Balaban J connectivity index is 1.97. The van der Waals surface area contributed by atoms with Crippen LogP contribution in [0.15, 0.2) is 0 Å². The summed E-state index contributed by atoms with van der Waals surface area (Å²) in [5.74, 6) is 1.92. The summed E-state index contributed by atoms with van der Waals surface area (Å²) in [4.78, 5) is 6.06. The highest BCUT2D eigenvalue weighted by atomic mass is 15.4. The van der Waals surface area contributed by atoms with Crippen molar-refractivity contribution >= 4 is 11.9 Å². The monoisotopic (exact) mass is 167 g/mol. The Morgan fingerprint density at radius 3 is 2.92 bits per heavy atom. The molecule has 0 unspecified atom stereocenters. The molecule has 0 aromatic carbocycles. The molecule has 12 heavy (non-hydrogen) atoms. The first kappa shape index (κ1) is 7.39. The maximum absolute atomic E-state index is 5.41. The zero-order valence-corrected chi connectivity index (χ0v) is 7.12. The molecule has 2 rings (SSSR count). The minimum Gasteiger partial charge on any atom is -0.368 e. The van der Waals surface area contributed by atoms with Crippen LogP contribution in [0.4, 0.5) is 11.9 Å². The minimum absolute atomic E-state index is 0.382. The SMILES string of the molecule is CN(CC1CC1)c1n[nH]c(N)n1. The van der Waals surface area contributed by atoms with Crippen molar-refractivity contribution in [3.05, 3.63) is 0 Å². The van der Waals surface area contributed by atoms with Crippen LogP contribution in [0.5, 0.6) is 0 Å². The van der Waals surface area contributed by atoms with E-state index < -0.39 is 0 Å². The van der Waals surface area contributed by atoms with Gasteiger partial charge in [0, 0.05) is 13.6 Å². The lowest BCUT2D eigenvalue weighted by atomic mass is 10.4. The van der Waals surface area contributed by atoms with Gasteiger partial charge in [0.15, 0.2) is 0 Å². The summed E-state index contributed by atoms with van der Waals surface area (Å²) in [7, 11) is 1.99. The van der Waals surface area contributed by atoms with Crippen molar-refractivity contribution in [1.29, 1.82) is 0 Å². The van der Waals surface area contributed by atoms with Gasteiger partial charge in [0.1, 0.15) is 0 Å². The van der Waals surface area contributed by atoms with E-state index in [9.17, 15) is 0 Å². The smallest absolute Gasteiger partial charge is 0.246 e. The minimum atomic E-state index is 0.382. The number of nitrogens with two attached hydrogens (primary N) is 1. The Labute approximate surface area is 71.0 Å². The standard InChI is InChI=1S/C7H13N5/c1-12(4-5-2-3-5)7-9-6(8)10-11-7/h5H,2-4H2,1H3,(H3,8,9,10,11). The summed E-state index contributed by atoms with van der Waals surface area (Å²) in [6.45, 7) is 1.04. The van der Waals surface area contributed by atoms with Gasteiger partial charge in [-0.15, -0.1) is 5.10 Å². The average molecular weight is 167 g/mol. The van der Waals surface area contributed by atoms with Crippen LogP contribution in [-0.4, -0.2) is 28.8 Å². The maximum Gasteiger partial charge on any atom is 0.246 e. The lowest BCUT2D eigenvalue weighted by Gasteiger charge is -2.12. The molecule has 5 heteroatoms. The number of rotatable bonds is 3. The molecule has 1 saturated carbocycles. The molecule has 0 atom stereocenters. The first-order valence-electron chi connectivity index (χ1n) is 4.14. The predicted octanol–water partition coefficient (Wildman–Crippen LogP) is 0.233. The summed E-state index contributed by atoms with van der Waals surface area (Å²) in [5.41, 5.74) is 5.41. The van der Waals surface area contributed by atoms with Gasteiger partial charge in [-0.3, -0.25) is 0 Å². The molecule has 1 heterocycles. The molecule has 3 N–H and O–H groups in total. The Kier molecular flexibility index (Phi) is 1.64. The van der Waals surface area contributed by atoms with E-state index in [1.54, 1.807) is 0 Å². The summed E-state index contributed by atoms with van der Waals surface area (Å²) >= 11 is 0. The third-order valence-electron chi connectivity index (χ3n) is 2.06. The molecule has 1 aliphatic rings. The summed E-state index contributed by atoms with van der Waals surface area (Å²) < 4.78 is 0. The topological polar surface area (TPSA) is 70.8 Å². The highest BCUT2D eigenvalue weighted by Gasteiger charge is 2.23. The van der Waals surface area contributed by atoms with Crippen LogP contribution in [-0.2, 0) is 0 Å². The fourth-order valence-corrected chi connectivity index (χ4v) is 1.21. The van der Waals surface area contributed by atoms with Crippen molar-refractivity contribution < 1.29 is 0 Å². The van der Waals surface area contributed by atoms with E-state index >= 15 is 0 Å². The zero-order valence-electron chi connectivity index (χ0n) is 7.12. The largest absolute Gasteiger partial charge is 0.368 e. The summed E-state index contributed by atoms with van der Waals surface area (Å²) in [5, 5.41) is 6.58. The van der Waals surface area contributed by atoms with Gasteiger partial charge in [0.25, 0.3) is 0 Å². The molecular weight excluding hydrogens is 154 g/mol. The number of anilines is 2. The van der Waals surface area contributed by atoms with Gasteiger partial charge < -0.3 is 10.6 Å². The Morgan fingerprint density at radius 1 is 1.67 bits per heavy atom. The van der Waals surface area contributed by atoms with E-state index in [4.69, 9.17) is 5.73 Å². The van der Waals surface area contributed by atoms with E-state index in [-0.39, 0.29) is 0 Å². The number of nitrogen functional groups attached to an aromatic ring is 1. The van der Waals surface area contributed by atoms with Crippen molar-refractivity contribution in [3.63, 3.8) is 0 Å². The number of hydrogen-bond acceptors (Lipinski definition) is 4. The van der Waals surface area contributed by atoms with Gasteiger partial charge in [0.2, 0.25) is 11.9 Å². The number of aromatic nitrogens is 3. The van der Waals surface area contributed by atoms with Crippen LogP contribution in [0.2, 0.25) is 0 Å². The molecule has 0 radical (unpaired) electrons. The van der Waals surface area contributed by atoms with Crippen molar-refractivity contribution in [2.75, 3.05) is 24.2 Å². The number of H-pyrrole nitrogens is 1. The number of aromatic amines is 1. The maximum atomic E-state index is 5.41. The molecule has 0 aliphatic heterocycles. The molecule has 5 nitrogen and oxygen atoms in total. The fraction of sp³-hybridized carbons (Fsp3) is 0.714. The molecule has 66 valence electrons. The molecule has 0 bridgehead atoms. The molecular formula is C7H13N5. The molecule has 0 spiro atoms. The second-order valence-corrected chi connectivity index (χ2v) is 3.34. The number of nitrogens with one attached hydrogen (secondary N) is 1. The van der Waals surface area contributed by atoms with Gasteiger partial charge in [-0.1, -0.05) is 0 Å². The van der Waals surface area contributed by atoms with Crippen LogP contribution in [0.25, 0.3) is 0 Å². The van der Waals surface area contributed by atoms with Crippen molar-refractivity contribution in [2.24, 2.45) is 5.92 Å². The molecule has 1 aliphatic carbocycles. The van der Waals surface area contributed by atoms with Gasteiger partial charge in [-0.05, 0) is 18.8 Å². The van der Waals surface area contributed by atoms with Crippen LogP contribution in [0.3, 0.4) is 0 Å². The molecule has 1 fully saturated rings. The summed E-state index contributed by atoms with van der Waals surface area (Å²) in [6.07, 6.45) is 2.68. The number of nitrogens with zero attached hydrogens (tertiary/aromatic N) is 3. The van der Waals surface area contributed by atoms with Gasteiger partial charge in [-0.25, -0.2) is 5.10 Å². The van der Waals surface area contributed by atoms with E-state index in [2.05, 4.69) is 15.2 Å². The Bertz CT molecular complexity index is 265. The first-order valence-corrected chi connectivity index (χ1v) is 4.14. The van der Waals surface area contributed by atoms with Gasteiger partial charge in [-0.2, -0.15) is 4.98 Å².